The Hall–Kier alpha value is -3.65. The monoisotopic (exact) mass is 366 g/mol. The molecule has 8 nitrogen and oxygen atoms in total. The van der Waals surface area contributed by atoms with Crippen LogP contribution in [0.5, 0.6) is 5.88 Å². The quantitative estimate of drug-likeness (QED) is 0.500. The summed E-state index contributed by atoms with van der Waals surface area (Å²) in [5, 5.41) is 19.4. The third-order valence-corrected chi connectivity index (χ3v) is 4.56. The maximum Gasteiger partial charge on any atom is 0.271 e. The number of likely N-dealkylation sites (N-methyl/N-ethyl adjacent to an activating group) is 1. The molecule has 0 fully saturated rings. The molecule has 1 N–H and O–H groups in total. The minimum atomic E-state index is -0.671. The van der Waals surface area contributed by atoms with Crippen LogP contribution in [0.25, 0.3) is 10.9 Å². The SMILES string of the molecule is [C-]#[N+]c1c(C)c(C=C2C(=O)N(CC)C(=O)C(C#N)=C2C)c(=O)n(CC)c1O. The van der Waals surface area contributed by atoms with E-state index in [0.717, 1.165) is 9.47 Å². The van der Waals surface area contributed by atoms with Gasteiger partial charge in [0.1, 0.15) is 11.6 Å². The van der Waals surface area contributed by atoms with Gasteiger partial charge >= 0.3 is 0 Å². The third kappa shape index (κ3) is 2.91. The largest absolute Gasteiger partial charge is 0.503 e. The van der Waals surface area contributed by atoms with Gasteiger partial charge in [0.25, 0.3) is 17.4 Å². The second-order valence-corrected chi connectivity index (χ2v) is 5.90. The lowest BCUT2D eigenvalue weighted by molar-refractivity contribution is -0.140. The number of imide groups is 1. The van der Waals surface area contributed by atoms with E-state index in [2.05, 4.69) is 4.85 Å². The molecule has 1 aliphatic heterocycles. The lowest BCUT2D eigenvalue weighted by atomic mass is 9.93. The normalized spacial score (nSPS) is 15.9. The number of hydrogen-bond donors (Lipinski definition) is 1. The van der Waals surface area contributed by atoms with Gasteiger partial charge < -0.3 is 5.11 Å². The Balaban J connectivity index is 2.90. The van der Waals surface area contributed by atoms with Crippen LogP contribution in [0.1, 0.15) is 31.9 Å². The Morgan fingerprint density at radius 3 is 2.30 bits per heavy atom. The number of nitriles is 1. The molecule has 1 aromatic heterocycles. The number of pyridine rings is 1. The first-order valence-electron chi connectivity index (χ1n) is 8.28. The topological polar surface area (TPSA) is 108 Å². The molecule has 0 atom stereocenters. The first-order valence-corrected chi connectivity index (χ1v) is 8.28. The van der Waals surface area contributed by atoms with E-state index in [4.69, 9.17) is 6.57 Å². The molecule has 8 heteroatoms. The standard InChI is InChI=1S/C19H18N4O4/c1-6-22-16(24)12(10(3)14(9-20)18(22)26)8-13-11(4)15(21-5)19(27)23(7-2)17(13)25/h8,27H,6-7H2,1-4H3. The van der Waals surface area contributed by atoms with Gasteiger partial charge in [0, 0.05) is 24.2 Å². The van der Waals surface area contributed by atoms with Crippen molar-refractivity contribution in [1.82, 2.24) is 9.47 Å². The van der Waals surface area contributed by atoms with Gasteiger partial charge in [-0.3, -0.25) is 23.9 Å². The summed E-state index contributed by atoms with van der Waals surface area (Å²) in [6.07, 6.45) is 1.29. The molecule has 0 unspecified atom stereocenters. The molecule has 2 amide bonds. The average molecular weight is 366 g/mol. The lowest BCUT2D eigenvalue weighted by Gasteiger charge is -2.26. The fourth-order valence-electron chi connectivity index (χ4n) is 2.98. The van der Waals surface area contributed by atoms with Crippen molar-refractivity contribution in [2.24, 2.45) is 0 Å². The van der Waals surface area contributed by atoms with E-state index >= 15 is 0 Å². The fourth-order valence-corrected chi connectivity index (χ4v) is 2.98. The molecule has 0 saturated carbocycles. The van der Waals surface area contributed by atoms with Crippen LogP contribution in [-0.4, -0.2) is 32.9 Å². The summed E-state index contributed by atoms with van der Waals surface area (Å²) in [5.74, 6) is -1.71. The predicted octanol–water partition coefficient (Wildman–Crippen LogP) is 2.05. The summed E-state index contributed by atoms with van der Waals surface area (Å²) >= 11 is 0. The molecule has 0 bridgehead atoms. The van der Waals surface area contributed by atoms with Gasteiger partial charge in [0.05, 0.1) is 6.57 Å². The number of nitrogens with zero attached hydrogens (tertiary/aromatic N) is 4. The first kappa shape index (κ1) is 19.7. The van der Waals surface area contributed by atoms with Crippen molar-refractivity contribution in [3.05, 3.63) is 49.6 Å². The summed E-state index contributed by atoms with van der Waals surface area (Å²) in [6.45, 7) is 13.7. The second-order valence-electron chi connectivity index (χ2n) is 5.90. The van der Waals surface area contributed by atoms with Crippen molar-refractivity contribution in [3.63, 3.8) is 0 Å². The molecule has 0 saturated heterocycles. The van der Waals surface area contributed by atoms with E-state index in [-0.39, 0.29) is 46.6 Å². The summed E-state index contributed by atoms with van der Waals surface area (Å²) in [5.41, 5.74) is -0.312. The zero-order valence-corrected chi connectivity index (χ0v) is 15.5. The van der Waals surface area contributed by atoms with Crippen molar-refractivity contribution >= 4 is 23.6 Å². The highest BCUT2D eigenvalue weighted by Gasteiger charge is 2.34. The summed E-state index contributed by atoms with van der Waals surface area (Å²) in [6, 6.07) is 1.81. The van der Waals surface area contributed by atoms with Crippen molar-refractivity contribution in [3.8, 4) is 11.9 Å². The smallest absolute Gasteiger partial charge is 0.271 e. The first-order chi connectivity index (χ1) is 12.7. The maximum absolute atomic E-state index is 12.7. The van der Waals surface area contributed by atoms with Gasteiger partial charge in [-0.05, 0) is 44.9 Å². The molecule has 1 aliphatic rings. The van der Waals surface area contributed by atoms with Gasteiger partial charge in [0.15, 0.2) is 5.88 Å². The Bertz CT molecular complexity index is 1060. The zero-order valence-electron chi connectivity index (χ0n) is 15.5. The number of hydrogen-bond acceptors (Lipinski definition) is 5. The summed E-state index contributed by atoms with van der Waals surface area (Å²) < 4.78 is 1.03. The van der Waals surface area contributed by atoms with Crippen LogP contribution in [0.2, 0.25) is 0 Å². The van der Waals surface area contributed by atoms with E-state index in [9.17, 15) is 24.8 Å². The molecular weight excluding hydrogens is 348 g/mol. The van der Waals surface area contributed by atoms with Crippen molar-refractivity contribution in [2.45, 2.75) is 34.2 Å². The summed E-state index contributed by atoms with van der Waals surface area (Å²) in [7, 11) is 0. The van der Waals surface area contributed by atoms with Crippen LogP contribution in [0.15, 0.2) is 21.5 Å². The van der Waals surface area contributed by atoms with Crippen LogP contribution < -0.4 is 5.56 Å². The van der Waals surface area contributed by atoms with Crippen LogP contribution in [0.4, 0.5) is 5.69 Å². The van der Waals surface area contributed by atoms with Crippen molar-refractivity contribution in [2.75, 3.05) is 6.54 Å². The highest BCUT2D eigenvalue weighted by atomic mass is 16.3. The minimum absolute atomic E-state index is 0.0393. The Morgan fingerprint density at radius 1 is 1.19 bits per heavy atom. The molecule has 2 heterocycles. The molecule has 2 rings (SSSR count). The van der Waals surface area contributed by atoms with Gasteiger partial charge in [-0.15, -0.1) is 0 Å². The van der Waals surface area contributed by atoms with E-state index in [1.807, 2.05) is 6.07 Å². The number of carbonyl (C=O) groups is 2. The zero-order chi connectivity index (χ0) is 20.5. The van der Waals surface area contributed by atoms with Crippen LogP contribution in [0.3, 0.4) is 0 Å². The number of aromatic nitrogens is 1. The predicted molar refractivity (Wildman–Crippen MR) is 97.7 cm³/mol. The Labute approximate surface area is 156 Å². The molecular formula is C19H18N4O4. The Kier molecular flexibility index (Phi) is 5.32. The maximum atomic E-state index is 12.7. The molecule has 0 aromatic carbocycles. The van der Waals surface area contributed by atoms with E-state index < -0.39 is 23.3 Å². The lowest BCUT2D eigenvalue weighted by Crippen LogP contribution is -2.42. The fraction of sp³-hybridized carbons (Fsp3) is 0.316. The molecule has 0 spiro atoms. The Morgan fingerprint density at radius 2 is 1.81 bits per heavy atom. The second kappa shape index (κ2) is 7.30. The van der Waals surface area contributed by atoms with E-state index in [0.29, 0.717) is 0 Å². The van der Waals surface area contributed by atoms with Crippen LogP contribution in [-0.2, 0) is 16.1 Å². The van der Waals surface area contributed by atoms with Crippen LogP contribution >= 0.6 is 0 Å². The summed E-state index contributed by atoms with van der Waals surface area (Å²) in [4.78, 5) is 41.9. The van der Waals surface area contributed by atoms with E-state index in [1.54, 1.807) is 13.8 Å². The number of carbonyl (C=O) groups excluding carboxylic acids is 2. The van der Waals surface area contributed by atoms with Crippen molar-refractivity contribution < 1.29 is 14.7 Å². The van der Waals surface area contributed by atoms with Crippen molar-refractivity contribution in [1.29, 1.82) is 5.26 Å². The molecule has 0 aliphatic carbocycles. The van der Waals surface area contributed by atoms with Gasteiger partial charge in [-0.1, -0.05) is 0 Å². The van der Waals surface area contributed by atoms with Crippen LogP contribution in [0, 0.1) is 24.8 Å². The van der Waals surface area contributed by atoms with Gasteiger partial charge in [-0.25, -0.2) is 4.85 Å². The van der Waals surface area contributed by atoms with E-state index in [1.165, 1.54) is 19.9 Å². The number of amides is 2. The molecule has 138 valence electrons. The molecule has 27 heavy (non-hydrogen) atoms. The average Bonchev–Trinajstić information content (AvgIpc) is 2.62. The molecule has 1 aromatic rings. The number of aromatic hydroxyl groups is 1. The highest BCUT2D eigenvalue weighted by Crippen LogP contribution is 2.33. The molecule has 0 radical (unpaired) electrons. The van der Waals surface area contributed by atoms with Gasteiger partial charge in [0.2, 0.25) is 5.69 Å². The highest BCUT2D eigenvalue weighted by molar-refractivity contribution is 6.19. The van der Waals surface area contributed by atoms with Gasteiger partial charge in [-0.2, -0.15) is 5.26 Å². The third-order valence-electron chi connectivity index (χ3n) is 4.56. The number of rotatable bonds is 3. The minimum Gasteiger partial charge on any atom is -0.503 e.